The summed E-state index contributed by atoms with van der Waals surface area (Å²) in [5.41, 5.74) is 0.121. The van der Waals surface area contributed by atoms with Gasteiger partial charge in [-0.2, -0.15) is 4.80 Å². The summed E-state index contributed by atoms with van der Waals surface area (Å²) in [5.74, 6) is 3.50. The van der Waals surface area contributed by atoms with Crippen molar-refractivity contribution < 1.29 is 9.53 Å². The standard InChI is InChI=1S/C16H19N5O2/c1-5-16(3,6-2)17-14(22)11-21-19-15(18-20-21)12-7-9-13(23-4)10-8-12/h1,7-10H,6,11H2,2-4H3,(H,17,22)/t16-/m0/s1. The molecule has 120 valence electrons. The molecular weight excluding hydrogens is 294 g/mol. The summed E-state index contributed by atoms with van der Waals surface area (Å²) in [6.07, 6.45) is 6.07. The monoisotopic (exact) mass is 313 g/mol. The molecule has 1 atom stereocenters. The fourth-order valence-electron chi connectivity index (χ4n) is 1.87. The van der Waals surface area contributed by atoms with Crippen LogP contribution in [0.4, 0.5) is 0 Å². The van der Waals surface area contributed by atoms with Gasteiger partial charge in [-0.3, -0.25) is 4.79 Å². The number of benzene rings is 1. The first-order valence-electron chi connectivity index (χ1n) is 7.20. The molecule has 0 unspecified atom stereocenters. The number of carbonyl (C=O) groups is 1. The number of rotatable bonds is 6. The van der Waals surface area contributed by atoms with Crippen LogP contribution in [0.3, 0.4) is 0 Å². The predicted octanol–water partition coefficient (Wildman–Crippen LogP) is 1.27. The van der Waals surface area contributed by atoms with E-state index in [4.69, 9.17) is 11.2 Å². The van der Waals surface area contributed by atoms with Crippen molar-refractivity contribution in [3.8, 4) is 29.5 Å². The lowest BCUT2D eigenvalue weighted by Gasteiger charge is -2.22. The van der Waals surface area contributed by atoms with Crippen molar-refractivity contribution in [3.63, 3.8) is 0 Å². The summed E-state index contributed by atoms with van der Waals surface area (Å²) in [6.45, 7) is 3.67. The quantitative estimate of drug-likeness (QED) is 0.812. The third-order valence-electron chi connectivity index (χ3n) is 3.53. The molecule has 1 aromatic heterocycles. The number of hydrogen-bond acceptors (Lipinski definition) is 5. The average Bonchev–Trinajstić information content (AvgIpc) is 3.03. The van der Waals surface area contributed by atoms with E-state index in [1.807, 2.05) is 31.2 Å². The van der Waals surface area contributed by atoms with E-state index < -0.39 is 5.54 Å². The maximum Gasteiger partial charge on any atom is 0.244 e. The number of ether oxygens (including phenoxy) is 1. The molecule has 1 amide bonds. The Bertz CT molecular complexity index is 717. The number of hydrogen-bond donors (Lipinski definition) is 1. The third kappa shape index (κ3) is 4.07. The minimum Gasteiger partial charge on any atom is -0.497 e. The van der Waals surface area contributed by atoms with E-state index in [-0.39, 0.29) is 12.5 Å². The number of terminal acetylenes is 1. The van der Waals surface area contributed by atoms with Crippen LogP contribution >= 0.6 is 0 Å². The molecule has 1 aromatic carbocycles. The van der Waals surface area contributed by atoms with Gasteiger partial charge in [0.1, 0.15) is 12.3 Å². The van der Waals surface area contributed by atoms with E-state index in [1.165, 1.54) is 4.80 Å². The molecule has 7 nitrogen and oxygen atoms in total. The van der Waals surface area contributed by atoms with Gasteiger partial charge in [0.2, 0.25) is 11.7 Å². The van der Waals surface area contributed by atoms with Gasteiger partial charge in [0, 0.05) is 5.56 Å². The molecule has 0 aliphatic heterocycles. The van der Waals surface area contributed by atoms with Crippen LogP contribution in [0.15, 0.2) is 24.3 Å². The maximum absolute atomic E-state index is 12.0. The molecule has 0 saturated heterocycles. The van der Waals surface area contributed by atoms with Gasteiger partial charge in [-0.25, -0.2) is 0 Å². The zero-order valence-corrected chi connectivity index (χ0v) is 13.4. The molecule has 0 aliphatic carbocycles. The van der Waals surface area contributed by atoms with E-state index in [2.05, 4.69) is 26.6 Å². The molecule has 0 saturated carbocycles. The Morgan fingerprint density at radius 2 is 2.13 bits per heavy atom. The third-order valence-corrected chi connectivity index (χ3v) is 3.53. The highest BCUT2D eigenvalue weighted by molar-refractivity contribution is 5.77. The van der Waals surface area contributed by atoms with Crippen molar-refractivity contribution in [2.45, 2.75) is 32.4 Å². The summed E-state index contributed by atoms with van der Waals surface area (Å²) in [7, 11) is 1.60. The zero-order chi connectivity index (χ0) is 16.9. The van der Waals surface area contributed by atoms with Crippen LogP contribution < -0.4 is 10.1 Å². The Hall–Kier alpha value is -2.88. The SMILES string of the molecule is C#C[C@@](C)(CC)NC(=O)Cn1nnc(-c2ccc(OC)cc2)n1. The Labute approximate surface area is 135 Å². The van der Waals surface area contributed by atoms with E-state index in [1.54, 1.807) is 14.0 Å². The van der Waals surface area contributed by atoms with Crippen LogP contribution in [0, 0.1) is 12.3 Å². The summed E-state index contributed by atoms with van der Waals surface area (Å²) in [6, 6.07) is 7.27. The van der Waals surface area contributed by atoms with Crippen molar-refractivity contribution in [3.05, 3.63) is 24.3 Å². The Morgan fingerprint density at radius 3 is 2.70 bits per heavy atom. The van der Waals surface area contributed by atoms with E-state index in [9.17, 15) is 4.79 Å². The van der Waals surface area contributed by atoms with Gasteiger partial charge >= 0.3 is 0 Å². The van der Waals surface area contributed by atoms with Crippen molar-refractivity contribution in [1.82, 2.24) is 25.5 Å². The molecule has 1 N–H and O–H groups in total. The van der Waals surface area contributed by atoms with Gasteiger partial charge in [0.25, 0.3) is 0 Å². The van der Waals surface area contributed by atoms with Gasteiger partial charge in [0.15, 0.2) is 0 Å². The second-order valence-electron chi connectivity index (χ2n) is 5.25. The lowest BCUT2D eigenvalue weighted by Crippen LogP contribution is -2.45. The second-order valence-corrected chi connectivity index (χ2v) is 5.25. The van der Waals surface area contributed by atoms with E-state index in [0.29, 0.717) is 12.2 Å². The topological polar surface area (TPSA) is 81.9 Å². The summed E-state index contributed by atoms with van der Waals surface area (Å²) in [5, 5.41) is 14.8. The lowest BCUT2D eigenvalue weighted by atomic mass is 10.0. The molecule has 7 heteroatoms. The molecule has 0 aliphatic rings. The van der Waals surface area contributed by atoms with Crippen molar-refractivity contribution in [2.24, 2.45) is 0 Å². The molecule has 1 heterocycles. The van der Waals surface area contributed by atoms with Crippen LogP contribution in [0.25, 0.3) is 11.4 Å². The first kappa shape index (κ1) is 16.5. The average molecular weight is 313 g/mol. The minimum atomic E-state index is -0.670. The largest absolute Gasteiger partial charge is 0.497 e. The highest BCUT2D eigenvalue weighted by atomic mass is 16.5. The molecule has 0 fully saturated rings. The van der Waals surface area contributed by atoms with Crippen LogP contribution in [0.1, 0.15) is 20.3 Å². The smallest absolute Gasteiger partial charge is 0.244 e. The van der Waals surface area contributed by atoms with Crippen LogP contribution in [-0.4, -0.2) is 38.8 Å². The van der Waals surface area contributed by atoms with E-state index in [0.717, 1.165) is 11.3 Å². The van der Waals surface area contributed by atoms with Gasteiger partial charge in [-0.15, -0.1) is 16.6 Å². The number of carbonyl (C=O) groups excluding carboxylic acids is 1. The van der Waals surface area contributed by atoms with Gasteiger partial charge in [-0.1, -0.05) is 12.8 Å². The Balaban J connectivity index is 2.04. The van der Waals surface area contributed by atoms with Crippen molar-refractivity contribution >= 4 is 5.91 Å². The van der Waals surface area contributed by atoms with Gasteiger partial charge in [0.05, 0.1) is 12.6 Å². The van der Waals surface area contributed by atoms with Crippen molar-refractivity contribution in [1.29, 1.82) is 0 Å². The molecule has 0 bridgehead atoms. The number of amides is 1. The summed E-state index contributed by atoms with van der Waals surface area (Å²) < 4.78 is 5.10. The Kier molecular flexibility index (Phi) is 4.96. The molecule has 23 heavy (non-hydrogen) atoms. The molecule has 0 radical (unpaired) electrons. The first-order valence-corrected chi connectivity index (χ1v) is 7.20. The number of tetrazole rings is 1. The highest BCUT2D eigenvalue weighted by Gasteiger charge is 2.21. The number of aromatic nitrogens is 4. The van der Waals surface area contributed by atoms with Crippen LogP contribution in [0.2, 0.25) is 0 Å². The van der Waals surface area contributed by atoms with E-state index >= 15 is 0 Å². The summed E-state index contributed by atoms with van der Waals surface area (Å²) >= 11 is 0. The normalized spacial score (nSPS) is 13.0. The predicted molar refractivity (Wildman–Crippen MR) is 85.5 cm³/mol. The first-order chi connectivity index (χ1) is 11.0. The lowest BCUT2D eigenvalue weighted by molar-refractivity contribution is -0.123. The highest BCUT2D eigenvalue weighted by Crippen LogP contribution is 2.18. The van der Waals surface area contributed by atoms with Crippen LogP contribution in [0.5, 0.6) is 5.75 Å². The molecular formula is C16H19N5O2. The van der Waals surface area contributed by atoms with Gasteiger partial charge < -0.3 is 10.1 Å². The number of methoxy groups -OCH3 is 1. The maximum atomic E-state index is 12.0. The van der Waals surface area contributed by atoms with Crippen LogP contribution in [-0.2, 0) is 11.3 Å². The number of nitrogens with one attached hydrogen (secondary N) is 1. The number of nitrogens with zero attached hydrogens (tertiary/aromatic N) is 4. The Morgan fingerprint density at radius 1 is 1.43 bits per heavy atom. The fourth-order valence-corrected chi connectivity index (χ4v) is 1.87. The summed E-state index contributed by atoms with van der Waals surface area (Å²) in [4.78, 5) is 13.3. The zero-order valence-electron chi connectivity index (χ0n) is 13.4. The second kappa shape index (κ2) is 6.92. The molecule has 2 aromatic rings. The molecule has 0 spiro atoms. The minimum absolute atomic E-state index is 0.0412. The fraction of sp³-hybridized carbons (Fsp3) is 0.375. The molecule has 2 rings (SSSR count). The van der Waals surface area contributed by atoms with Crippen molar-refractivity contribution in [2.75, 3.05) is 7.11 Å². The van der Waals surface area contributed by atoms with Gasteiger partial charge in [-0.05, 0) is 42.8 Å².